The molecule has 1 N–H and O–H groups in total. The maximum atomic E-state index is 11.5. The zero-order valence-corrected chi connectivity index (χ0v) is 17.3. The molecule has 0 aliphatic carbocycles. The Morgan fingerprint density at radius 1 is 1.24 bits per heavy atom. The number of rotatable bonds is 7. The molecule has 0 bridgehead atoms. The molecule has 7 nitrogen and oxygen atoms in total. The Balaban J connectivity index is 2.98. The third-order valence-electron chi connectivity index (χ3n) is 4.71. The van der Waals surface area contributed by atoms with Gasteiger partial charge in [0.2, 0.25) is 0 Å². The highest BCUT2D eigenvalue weighted by molar-refractivity contribution is 7.90. The van der Waals surface area contributed by atoms with Gasteiger partial charge < -0.3 is 9.53 Å². The Kier molecular flexibility index (Phi) is 6.55. The van der Waals surface area contributed by atoms with Crippen LogP contribution in [0.1, 0.15) is 32.4 Å². The van der Waals surface area contributed by atoms with Gasteiger partial charge >= 0.3 is 0 Å². The lowest BCUT2D eigenvalue weighted by molar-refractivity contribution is -0.538. The number of hydrogen-bond donors (Lipinski definition) is 1. The van der Waals surface area contributed by atoms with Crippen molar-refractivity contribution in [3.05, 3.63) is 39.9 Å². The van der Waals surface area contributed by atoms with Gasteiger partial charge in [-0.1, -0.05) is 32.9 Å². The van der Waals surface area contributed by atoms with Crippen LogP contribution >= 0.6 is 0 Å². The molecule has 9 heteroatoms. The van der Waals surface area contributed by atoms with Gasteiger partial charge in [-0.2, -0.15) is 0 Å². The summed E-state index contributed by atoms with van der Waals surface area (Å²) in [6.07, 6.45) is -0.306. The first-order valence-corrected chi connectivity index (χ1v) is 12.7. The van der Waals surface area contributed by atoms with Crippen molar-refractivity contribution in [1.29, 1.82) is 0 Å². The summed E-state index contributed by atoms with van der Waals surface area (Å²) in [5, 5.41) is 21.7. The zero-order chi connectivity index (χ0) is 19.6. The summed E-state index contributed by atoms with van der Waals surface area (Å²) in [5.41, 5.74) is 0.285. The van der Waals surface area contributed by atoms with Crippen LogP contribution in [0.2, 0.25) is 18.1 Å². The highest BCUT2D eigenvalue weighted by Crippen LogP contribution is 2.37. The van der Waals surface area contributed by atoms with E-state index in [9.17, 15) is 23.6 Å². The lowest BCUT2D eigenvalue weighted by Crippen LogP contribution is -2.45. The van der Waals surface area contributed by atoms with Crippen LogP contribution in [0.3, 0.4) is 0 Å². The van der Waals surface area contributed by atoms with E-state index in [1.807, 2.05) is 33.9 Å². The smallest absolute Gasteiger partial charge is 0.264 e. The summed E-state index contributed by atoms with van der Waals surface area (Å²) in [6.45, 7) is 9.86. The summed E-state index contributed by atoms with van der Waals surface area (Å²) in [5.74, 6) is 0. The summed E-state index contributed by atoms with van der Waals surface area (Å²) < 4.78 is 28.8. The SMILES string of the molecule is CC(C)(C)[Si](C)(C)OCC(C(O)c1ccc(S(C)(=O)=O)cc1)[N+](=O)[O-]. The van der Waals surface area contributed by atoms with Gasteiger partial charge in [0.15, 0.2) is 18.2 Å². The molecule has 25 heavy (non-hydrogen) atoms. The molecule has 1 aromatic rings. The van der Waals surface area contributed by atoms with Crippen LogP contribution in [0, 0.1) is 10.1 Å². The largest absolute Gasteiger partial charge is 0.410 e. The second kappa shape index (κ2) is 7.53. The number of sulfone groups is 1. The summed E-state index contributed by atoms with van der Waals surface area (Å²) >= 11 is 0. The first-order chi connectivity index (χ1) is 11.2. The Morgan fingerprint density at radius 2 is 1.72 bits per heavy atom. The van der Waals surface area contributed by atoms with E-state index < -0.39 is 35.2 Å². The van der Waals surface area contributed by atoms with Crippen LogP contribution < -0.4 is 0 Å². The molecular weight excluding hydrogens is 362 g/mol. The molecule has 0 aliphatic rings. The first kappa shape index (κ1) is 21.7. The van der Waals surface area contributed by atoms with Gasteiger partial charge in [0.1, 0.15) is 12.7 Å². The molecule has 2 atom stereocenters. The van der Waals surface area contributed by atoms with Gasteiger partial charge in [0.25, 0.3) is 6.04 Å². The van der Waals surface area contributed by atoms with Crippen molar-refractivity contribution >= 4 is 18.2 Å². The maximum Gasteiger partial charge on any atom is 0.264 e. The molecule has 0 saturated carbocycles. The molecule has 0 radical (unpaired) electrons. The van der Waals surface area contributed by atoms with Gasteiger partial charge in [-0.05, 0) is 35.8 Å². The average Bonchev–Trinajstić information content (AvgIpc) is 2.44. The number of nitro groups is 1. The van der Waals surface area contributed by atoms with E-state index in [1.165, 1.54) is 24.3 Å². The molecule has 2 unspecified atom stereocenters. The van der Waals surface area contributed by atoms with E-state index in [1.54, 1.807) is 0 Å². The quantitative estimate of drug-likeness (QED) is 0.436. The highest BCUT2D eigenvalue weighted by Gasteiger charge is 2.40. The molecule has 0 aliphatic heterocycles. The van der Waals surface area contributed by atoms with Gasteiger partial charge in [-0.3, -0.25) is 10.1 Å². The molecule has 1 rings (SSSR count). The van der Waals surface area contributed by atoms with Crippen molar-refractivity contribution in [1.82, 2.24) is 0 Å². The second-order valence-corrected chi connectivity index (χ2v) is 14.5. The van der Waals surface area contributed by atoms with E-state index in [-0.39, 0.29) is 22.1 Å². The number of aliphatic hydroxyl groups excluding tert-OH is 1. The number of hydrogen-bond acceptors (Lipinski definition) is 6. The molecule has 0 fully saturated rings. The van der Waals surface area contributed by atoms with E-state index >= 15 is 0 Å². The predicted octanol–water partition coefficient (Wildman–Crippen LogP) is 2.79. The Hall–Kier alpha value is -1.29. The Bertz CT molecular complexity index is 709. The molecular formula is C16H27NO6SSi. The molecule has 1 aromatic carbocycles. The van der Waals surface area contributed by atoms with Crippen molar-refractivity contribution in [3.8, 4) is 0 Å². The van der Waals surface area contributed by atoms with E-state index in [4.69, 9.17) is 4.43 Å². The van der Waals surface area contributed by atoms with Crippen molar-refractivity contribution in [2.75, 3.05) is 12.9 Å². The fourth-order valence-corrected chi connectivity index (χ4v) is 3.56. The van der Waals surface area contributed by atoms with Crippen molar-refractivity contribution in [2.24, 2.45) is 0 Å². The third-order valence-corrected chi connectivity index (χ3v) is 10.3. The van der Waals surface area contributed by atoms with Crippen molar-refractivity contribution in [3.63, 3.8) is 0 Å². The lowest BCUT2D eigenvalue weighted by Gasteiger charge is -2.36. The van der Waals surface area contributed by atoms with Crippen molar-refractivity contribution in [2.45, 2.75) is 55.9 Å². The molecule has 0 amide bonds. The average molecular weight is 390 g/mol. The molecule has 0 saturated heterocycles. The number of aliphatic hydroxyl groups is 1. The summed E-state index contributed by atoms with van der Waals surface area (Å²) in [7, 11) is -5.55. The van der Waals surface area contributed by atoms with E-state index in [2.05, 4.69) is 0 Å². The molecule has 142 valence electrons. The Morgan fingerprint density at radius 3 is 2.08 bits per heavy atom. The topological polar surface area (TPSA) is 107 Å². The number of nitrogens with zero attached hydrogens (tertiary/aromatic N) is 1. The molecule has 0 heterocycles. The van der Waals surface area contributed by atoms with E-state index in [0.29, 0.717) is 0 Å². The van der Waals surface area contributed by atoms with Crippen LogP contribution in [-0.4, -0.2) is 45.7 Å². The van der Waals surface area contributed by atoms with Crippen molar-refractivity contribution < 1.29 is 22.9 Å². The van der Waals surface area contributed by atoms with Gasteiger partial charge in [-0.25, -0.2) is 8.42 Å². The van der Waals surface area contributed by atoms with Gasteiger partial charge in [-0.15, -0.1) is 0 Å². The minimum absolute atomic E-state index is 0.0960. The monoisotopic (exact) mass is 389 g/mol. The number of benzene rings is 1. The minimum Gasteiger partial charge on any atom is -0.410 e. The minimum atomic E-state index is -3.36. The van der Waals surface area contributed by atoms with Gasteiger partial charge in [0.05, 0.1) is 4.90 Å². The van der Waals surface area contributed by atoms with Crippen LogP contribution in [0.15, 0.2) is 29.2 Å². The standard InChI is InChI=1S/C16H27NO6SSi/c1-16(2,3)25(5,6)23-11-14(17(19)20)15(18)12-7-9-13(10-8-12)24(4,21)22/h7-10,14-15,18H,11H2,1-6H3. The second-order valence-electron chi connectivity index (χ2n) is 7.71. The Labute approximate surface area is 150 Å². The van der Waals surface area contributed by atoms with Crippen LogP contribution in [0.5, 0.6) is 0 Å². The fourth-order valence-electron chi connectivity index (χ4n) is 1.91. The van der Waals surface area contributed by atoms with Crippen LogP contribution in [-0.2, 0) is 14.3 Å². The highest BCUT2D eigenvalue weighted by atomic mass is 32.2. The lowest BCUT2D eigenvalue weighted by atomic mass is 10.0. The van der Waals surface area contributed by atoms with Crippen LogP contribution in [0.4, 0.5) is 0 Å². The maximum absolute atomic E-state index is 11.5. The normalized spacial score (nSPS) is 15.6. The van der Waals surface area contributed by atoms with E-state index in [0.717, 1.165) is 6.26 Å². The first-order valence-electron chi connectivity index (χ1n) is 7.92. The molecule has 0 spiro atoms. The van der Waals surface area contributed by atoms with Crippen LogP contribution in [0.25, 0.3) is 0 Å². The zero-order valence-electron chi connectivity index (χ0n) is 15.5. The summed E-state index contributed by atoms with van der Waals surface area (Å²) in [4.78, 5) is 10.9. The molecule has 0 aromatic heterocycles. The predicted molar refractivity (Wildman–Crippen MR) is 98.4 cm³/mol. The summed E-state index contributed by atoms with van der Waals surface area (Å²) in [6, 6.07) is 4.13. The fraction of sp³-hybridized carbons (Fsp3) is 0.625. The van der Waals surface area contributed by atoms with Gasteiger partial charge in [0, 0.05) is 11.2 Å². The third kappa shape index (κ3) is 5.60.